The minimum Gasteiger partial charge on any atom is -0.409 e. The molecule has 0 fully saturated rings. The van der Waals surface area contributed by atoms with Crippen molar-refractivity contribution >= 4 is 5.84 Å². The van der Waals surface area contributed by atoms with Crippen molar-refractivity contribution in [3.05, 3.63) is 35.4 Å². The van der Waals surface area contributed by atoms with E-state index in [1.807, 2.05) is 24.3 Å². The number of nitrogens with two attached hydrogens (primary N) is 1. The fourth-order valence-electron chi connectivity index (χ4n) is 1.66. The van der Waals surface area contributed by atoms with Gasteiger partial charge in [-0.3, -0.25) is 0 Å². The van der Waals surface area contributed by atoms with Crippen LogP contribution in [0, 0.1) is 0 Å². The van der Waals surface area contributed by atoms with Gasteiger partial charge in [0.15, 0.2) is 5.84 Å². The summed E-state index contributed by atoms with van der Waals surface area (Å²) in [6.45, 7) is 4.23. The van der Waals surface area contributed by atoms with E-state index in [1.165, 1.54) is 18.4 Å². The molecule has 0 aliphatic heterocycles. The Labute approximate surface area is 103 Å². The lowest BCUT2D eigenvalue weighted by atomic mass is 10.1. The number of hydrogen-bond donors (Lipinski definition) is 2. The van der Waals surface area contributed by atoms with Crippen molar-refractivity contribution in [3.8, 4) is 0 Å². The Hall–Kier alpha value is -1.55. The van der Waals surface area contributed by atoms with Gasteiger partial charge >= 0.3 is 0 Å². The zero-order chi connectivity index (χ0) is 12.7. The monoisotopic (exact) mass is 235 g/mol. The highest BCUT2D eigenvalue weighted by Gasteiger charge is 2.02. The molecule has 17 heavy (non-hydrogen) atoms. The molecule has 4 nitrogen and oxygen atoms in total. The molecule has 0 heterocycles. The van der Waals surface area contributed by atoms with Crippen molar-refractivity contribution in [2.75, 3.05) is 13.6 Å². The summed E-state index contributed by atoms with van der Waals surface area (Å²) in [5, 5.41) is 11.5. The zero-order valence-electron chi connectivity index (χ0n) is 10.6. The van der Waals surface area contributed by atoms with E-state index in [0.29, 0.717) is 0 Å². The standard InChI is InChI=1S/C13H21N3O/c1-3-4-9-16(2)10-11-5-7-12(8-6-11)13(14)15-17/h5-8,17H,3-4,9-10H2,1-2H3,(H2,14,15). The fraction of sp³-hybridized carbons (Fsp3) is 0.462. The number of oxime groups is 1. The fourth-order valence-corrected chi connectivity index (χ4v) is 1.66. The first-order valence-electron chi connectivity index (χ1n) is 5.92. The van der Waals surface area contributed by atoms with E-state index >= 15 is 0 Å². The second-order valence-corrected chi connectivity index (χ2v) is 4.27. The molecule has 1 aromatic rings. The Morgan fingerprint density at radius 1 is 1.35 bits per heavy atom. The predicted molar refractivity (Wildman–Crippen MR) is 70.2 cm³/mol. The molecule has 0 aromatic heterocycles. The van der Waals surface area contributed by atoms with Gasteiger partial charge in [-0.2, -0.15) is 0 Å². The van der Waals surface area contributed by atoms with Gasteiger partial charge < -0.3 is 15.8 Å². The number of rotatable bonds is 6. The quantitative estimate of drug-likeness (QED) is 0.343. The summed E-state index contributed by atoms with van der Waals surface area (Å²) in [6.07, 6.45) is 2.44. The highest BCUT2D eigenvalue weighted by molar-refractivity contribution is 5.96. The van der Waals surface area contributed by atoms with Crippen LogP contribution in [0.25, 0.3) is 0 Å². The van der Waals surface area contributed by atoms with Crippen LogP contribution in [0.4, 0.5) is 0 Å². The van der Waals surface area contributed by atoms with E-state index in [2.05, 4.69) is 24.0 Å². The summed E-state index contributed by atoms with van der Waals surface area (Å²) in [4.78, 5) is 2.29. The molecular formula is C13H21N3O. The van der Waals surface area contributed by atoms with Gasteiger partial charge in [-0.25, -0.2) is 0 Å². The third-order valence-electron chi connectivity index (χ3n) is 2.70. The zero-order valence-corrected chi connectivity index (χ0v) is 10.6. The van der Waals surface area contributed by atoms with Gasteiger partial charge in [-0.1, -0.05) is 42.8 Å². The van der Waals surface area contributed by atoms with E-state index in [9.17, 15) is 0 Å². The van der Waals surface area contributed by atoms with Crippen LogP contribution in [0.2, 0.25) is 0 Å². The molecular weight excluding hydrogens is 214 g/mol. The molecule has 0 atom stereocenters. The smallest absolute Gasteiger partial charge is 0.170 e. The molecule has 0 bridgehead atoms. The predicted octanol–water partition coefficient (Wildman–Crippen LogP) is 2.01. The van der Waals surface area contributed by atoms with Gasteiger partial charge in [-0.05, 0) is 25.6 Å². The van der Waals surface area contributed by atoms with Gasteiger partial charge in [0.25, 0.3) is 0 Å². The van der Waals surface area contributed by atoms with Crippen molar-refractivity contribution < 1.29 is 5.21 Å². The number of benzene rings is 1. The molecule has 94 valence electrons. The third-order valence-corrected chi connectivity index (χ3v) is 2.70. The highest BCUT2D eigenvalue weighted by Crippen LogP contribution is 2.07. The molecule has 4 heteroatoms. The molecule has 1 aromatic carbocycles. The Morgan fingerprint density at radius 3 is 2.53 bits per heavy atom. The van der Waals surface area contributed by atoms with Crippen LogP contribution < -0.4 is 5.73 Å². The average molecular weight is 235 g/mol. The van der Waals surface area contributed by atoms with Crippen LogP contribution in [0.3, 0.4) is 0 Å². The first kappa shape index (κ1) is 13.5. The SMILES string of the molecule is CCCCN(C)Cc1ccc(/C(N)=N/O)cc1. The maximum Gasteiger partial charge on any atom is 0.170 e. The minimum atomic E-state index is 0.149. The molecule has 0 spiro atoms. The Kier molecular flexibility index (Phi) is 5.49. The summed E-state index contributed by atoms with van der Waals surface area (Å²) >= 11 is 0. The number of hydrogen-bond acceptors (Lipinski definition) is 3. The van der Waals surface area contributed by atoms with E-state index in [-0.39, 0.29) is 5.84 Å². The van der Waals surface area contributed by atoms with Crippen molar-refractivity contribution in [1.82, 2.24) is 4.90 Å². The first-order valence-corrected chi connectivity index (χ1v) is 5.92. The lowest BCUT2D eigenvalue weighted by molar-refractivity contribution is 0.318. The molecule has 1 rings (SSSR count). The number of amidine groups is 1. The lowest BCUT2D eigenvalue weighted by Crippen LogP contribution is -2.19. The van der Waals surface area contributed by atoms with Crippen molar-refractivity contribution in [2.24, 2.45) is 10.9 Å². The maximum absolute atomic E-state index is 8.55. The van der Waals surface area contributed by atoms with Gasteiger partial charge in [-0.15, -0.1) is 0 Å². The van der Waals surface area contributed by atoms with Crippen molar-refractivity contribution in [1.29, 1.82) is 0 Å². The summed E-state index contributed by atoms with van der Waals surface area (Å²) in [5.74, 6) is 0.149. The third kappa shape index (κ3) is 4.44. The van der Waals surface area contributed by atoms with E-state index in [1.54, 1.807) is 0 Å². The summed E-state index contributed by atoms with van der Waals surface area (Å²) in [7, 11) is 2.12. The van der Waals surface area contributed by atoms with Crippen LogP contribution in [0.15, 0.2) is 29.4 Å². The van der Waals surface area contributed by atoms with Gasteiger partial charge in [0.2, 0.25) is 0 Å². The van der Waals surface area contributed by atoms with Crippen LogP contribution in [0.5, 0.6) is 0 Å². The van der Waals surface area contributed by atoms with Crippen LogP contribution >= 0.6 is 0 Å². The second kappa shape index (κ2) is 6.91. The Bertz CT molecular complexity index is 359. The van der Waals surface area contributed by atoms with E-state index < -0.39 is 0 Å². The highest BCUT2D eigenvalue weighted by atomic mass is 16.4. The maximum atomic E-state index is 8.55. The Balaban J connectivity index is 2.56. The van der Waals surface area contributed by atoms with E-state index in [4.69, 9.17) is 10.9 Å². The molecule has 0 saturated heterocycles. The molecule has 0 radical (unpaired) electrons. The minimum absolute atomic E-state index is 0.149. The van der Waals surface area contributed by atoms with Crippen molar-refractivity contribution in [3.63, 3.8) is 0 Å². The first-order chi connectivity index (χ1) is 8.17. The summed E-state index contributed by atoms with van der Waals surface area (Å²) in [5.41, 5.74) is 7.48. The second-order valence-electron chi connectivity index (χ2n) is 4.27. The average Bonchev–Trinajstić information content (AvgIpc) is 2.36. The summed E-state index contributed by atoms with van der Waals surface area (Å²) in [6, 6.07) is 7.77. The van der Waals surface area contributed by atoms with E-state index in [0.717, 1.165) is 18.7 Å². The largest absolute Gasteiger partial charge is 0.409 e. The van der Waals surface area contributed by atoms with Crippen LogP contribution in [-0.4, -0.2) is 29.5 Å². The molecule has 0 unspecified atom stereocenters. The van der Waals surface area contributed by atoms with Crippen molar-refractivity contribution in [2.45, 2.75) is 26.3 Å². The van der Waals surface area contributed by atoms with Gasteiger partial charge in [0, 0.05) is 12.1 Å². The van der Waals surface area contributed by atoms with Crippen LogP contribution in [-0.2, 0) is 6.54 Å². The van der Waals surface area contributed by atoms with Gasteiger partial charge in [0.05, 0.1) is 0 Å². The lowest BCUT2D eigenvalue weighted by Gasteiger charge is -2.16. The molecule has 0 aliphatic carbocycles. The normalized spacial score (nSPS) is 12.1. The molecule has 0 aliphatic rings. The van der Waals surface area contributed by atoms with Crippen LogP contribution in [0.1, 0.15) is 30.9 Å². The molecule has 3 N–H and O–H groups in total. The number of nitrogens with zero attached hydrogens (tertiary/aromatic N) is 2. The topological polar surface area (TPSA) is 61.8 Å². The number of unbranched alkanes of at least 4 members (excludes halogenated alkanes) is 1. The molecule has 0 saturated carbocycles. The van der Waals surface area contributed by atoms with Gasteiger partial charge in [0.1, 0.15) is 0 Å². The summed E-state index contributed by atoms with van der Waals surface area (Å²) < 4.78 is 0. The Morgan fingerprint density at radius 2 is 2.00 bits per heavy atom. The molecule has 0 amide bonds.